The molecule has 0 spiro atoms. The molecule has 0 unspecified atom stereocenters. The van der Waals surface area contributed by atoms with E-state index < -0.39 is 0 Å². The lowest BCUT2D eigenvalue weighted by Gasteiger charge is -2.07. The topological polar surface area (TPSA) is 68.0 Å². The maximum absolute atomic E-state index is 12.6. The minimum atomic E-state index is -0.0989. The monoisotopic (exact) mass is 351 g/mol. The number of hydrogen-bond acceptors (Lipinski definition) is 5. The highest BCUT2D eigenvalue weighted by molar-refractivity contribution is 7.18. The minimum Gasteiger partial charge on any atom is -0.382 e. The molecule has 0 aliphatic rings. The average molecular weight is 351 g/mol. The molecule has 0 radical (unpaired) electrons. The van der Waals surface area contributed by atoms with Gasteiger partial charge < -0.3 is 11.1 Å². The van der Waals surface area contributed by atoms with Crippen molar-refractivity contribution < 1.29 is 4.79 Å². The van der Waals surface area contributed by atoms with E-state index in [1.165, 1.54) is 16.9 Å². The van der Waals surface area contributed by atoms with Gasteiger partial charge in [-0.05, 0) is 30.5 Å². The summed E-state index contributed by atoms with van der Waals surface area (Å²) in [6.45, 7) is 6.31. The third-order valence-electron chi connectivity index (χ3n) is 4.00. The fourth-order valence-electron chi connectivity index (χ4n) is 2.46. The van der Waals surface area contributed by atoms with E-state index in [-0.39, 0.29) is 11.6 Å². The number of aryl methyl sites for hydroxylation is 1. The number of ketones is 1. The van der Waals surface area contributed by atoms with Gasteiger partial charge in [0, 0.05) is 11.3 Å². The lowest BCUT2D eigenvalue weighted by Crippen LogP contribution is -2.02. The number of nitrogens with one attached hydrogen (secondary N) is 1. The molecule has 128 valence electrons. The molecule has 3 aromatic rings. The van der Waals surface area contributed by atoms with Crippen LogP contribution in [-0.4, -0.2) is 10.8 Å². The number of carbonyl (C=O) groups excluding carboxylic acids is 1. The standard InChI is InChI=1S/C20H21N3OS/c1-12(2)14-8-10-16(11-9-14)22-20-23-19(21)18(25-20)17(24)15-6-4-13(3)5-7-15/h4-12H,21H2,1-3H3,(H,22,23). The molecular weight excluding hydrogens is 330 g/mol. The number of carbonyl (C=O) groups is 1. The third kappa shape index (κ3) is 3.88. The van der Waals surface area contributed by atoms with Crippen LogP contribution in [0.4, 0.5) is 16.6 Å². The zero-order valence-electron chi connectivity index (χ0n) is 14.5. The molecule has 1 aromatic heterocycles. The average Bonchev–Trinajstić information content (AvgIpc) is 2.95. The van der Waals surface area contributed by atoms with E-state index in [0.29, 0.717) is 21.5 Å². The molecule has 0 aliphatic carbocycles. The molecule has 4 nitrogen and oxygen atoms in total. The van der Waals surface area contributed by atoms with Gasteiger partial charge in [-0.1, -0.05) is 67.1 Å². The van der Waals surface area contributed by atoms with Gasteiger partial charge in [-0.2, -0.15) is 0 Å². The molecular formula is C20H21N3OS. The van der Waals surface area contributed by atoms with Crippen molar-refractivity contribution in [1.29, 1.82) is 0 Å². The molecule has 25 heavy (non-hydrogen) atoms. The van der Waals surface area contributed by atoms with Crippen molar-refractivity contribution in [3.05, 3.63) is 70.1 Å². The van der Waals surface area contributed by atoms with Gasteiger partial charge in [0.05, 0.1) is 0 Å². The Labute approximate surface area is 151 Å². The fraction of sp³-hybridized carbons (Fsp3) is 0.200. The van der Waals surface area contributed by atoms with Crippen molar-refractivity contribution in [3.63, 3.8) is 0 Å². The summed E-state index contributed by atoms with van der Waals surface area (Å²) in [6.07, 6.45) is 0. The fourth-order valence-corrected chi connectivity index (χ4v) is 3.33. The second kappa shape index (κ2) is 7.07. The van der Waals surface area contributed by atoms with Crippen molar-refractivity contribution in [1.82, 2.24) is 4.98 Å². The van der Waals surface area contributed by atoms with Crippen LogP contribution in [0.5, 0.6) is 0 Å². The van der Waals surface area contributed by atoms with Gasteiger partial charge >= 0.3 is 0 Å². The quantitative estimate of drug-likeness (QED) is 0.625. The Balaban J connectivity index is 1.80. The van der Waals surface area contributed by atoms with Gasteiger partial charge in [-0.15, -0.1) is 0 Å². The summed E-state index contributed by atoms with van der Waals surface area (Å²) in [6, 6.07) is 15.6. The highest BCUT2D eigenvalue weighted by atomic mass is 32.1. The number of nitrogen functional groups attached to an aromatic ring is 1. The number of benzene rings is 2. The van der Waals surface area contributed by atoms with Crippen molar-refractivity contribution in [2.24, 2.45) is 0 Å². The van der Waals surface area contributed by atoms with Crippen LogP contribution in [0, 0.1) is 6.92 Å². The lowest BCUT2D eigenvalue weighted by molar-refractivity contribution is 0.104. The predicted molar refractivity (Wildman–Crippen MR) is 105 cm³/mol. The predicted octanol–water partition coefficient (Wildman–Crippen LogP) is 5.13. The second-order valence-electron chi connectivity index (χ2n) is 6.33. The summed E-state index contributed by atoms with van der Waals surface area (Å²) in [5.41, 5.74) is 9.90. The van der Waals surface area contributed by atoms with Crippen LogP contribution in [0.1, 0.15) is 46.1 Å². The summed E-state index contributed by atoms with van der Waals surface area (Å²) in [7, 11) is 0. The molecule has 2 aromatic carbocycles. The van der Waals surface area contributed by atoms with Crippen LogP contribution in [-0.2, 0) is 0 Å². The Morgan fingerprint density at radius 2 is 1.72 bits per heavy atom. The second-order valence-corrected chi connectivity index (χ2v) is 7.33. The smallest absolute Gasteiger partial charge is 0.206 e. The normalized spacial score (nSPS) is 10.9. The van der Waals surface area contributed by atoms with E-state index in [0.717, 1.165) is 11.3 Å². The highest BCUT2D eigenvalue weighted by Crippen LogP contribution is 2.30. The summed E-state index contributed by atoms with van der Waals surface area (Å²) in [4.78, 5) is 17.4. The van der Waals surface area contributed by atoms with Gasteiger partial charge in [0.15, 0.2) is 5.13 Å². The van der Waals surface area contributed by atoms with E-state index in [2.05, 4.69) is 36.3 Å². The number of nitrogens with two attached hydrogens (primary N) is 1. The third-order valence-corrected chi connectivity index (χ3v) is 4.99. The molecule has 0 fully saturated rings. The molecule has 0 atom stereocenters. The largest absolute Gasteiger partial charge is 0.382 e. The summed E-state index contributed by atoms with van der Waals surface area (Å²) < 4.78 is 0. The number of anilines is 3. The maximum Gasteiger partial charge on any atom is 0.206 e. The molecule has 5 heteroatoms. The first kappa shape index (κ1) is 17.2. The number of hydrogen-bond donors (Lipinski definition) is 2. The zero-order valence-corrected chi connectivity index (χ0v) is 15.4. The van der Waals surface area contributed by atoms with E-state index in [1.807, 2.05) is 43.3 Å². The SMILES string of the molecule is Cc1ccc(C(=O)c2sc(Nc3ccc(C(C)C)cc3)nc2N)cc1. The number of rotatable bonds is 5. The van der Waals surface area contributed by atoms with Crippen LogP contribution >= 0.6 is 11.3 Å². The molecule has 0 saturated carbocycles. The Bertz CT molecular complexity index is 880. The molecule has 3 rings (SSSR count). The van der Waals surface area contributed by atoms with Crippen LogP contribution in [0.15, 0.2) is 48.5 Å². The molecule has 0 saturated heterocycles. The highest BCUT2D eigenvalue weighted by Gasteiger charge is 2.18. The maximum atomic E-state index is 12.6. The van der Waals surface area contributed by atoms with Gasteiger partial charge in [-0.3, -0.25) is 4.79 Å². The van der Waals surface area contributed by atoms with Crippen LogP contribution in [0.3, 0.4) is 0 Å². The molecule has 0 amide bonds. The first-order valence-corrected chi connectivity index (χ1v) is 9.00. The first-order chi connectivity index (χ1) is 11.9. The van der Waals surface area contributed by atoms with E-state index in [1.54, 1.807) is 0 Å². The van der Waals surface area contributed by atoms with Gasteiger partial charge in [-0.25, -0.2) is 4.98 Å². The molecule has 0 aliphatic heterocycles. The van der Waals surface area contributed by atoms with Gasteiger partial charge in [0.1, 0.15) is 10.7 Å². The molecule has 0 bridgehead atoms. The Morgan fingerprint density at radius 3 is 2.32 bits per heavy atom. The summed E-state index contributed by atoms with van der Waals surface area (Å²) in [5.74, 6) is 0.651. The van der Waals surface area contributed by atoms with E-state index >= 15 is 0 Å². The van der Waals surface area contributed by atoms with Crippen molar-refractivity contribution in [3.8, 4) is 0 Å². The van der Waals surface area contributed by atoms with E-state index in [4.69, 9.17) is 5.73 Å². The Kier molecular flexibility index (Phi) is 4.86. The van der Waals surface area contributed by atoms with Crippen molar-refractivity contribution in [2.75, 3.05) is 11.1 Å². The van der Waals surface area contributed by atoms with Crippen LogP contribution in [0.25, 0.3) is 0 Å². The summed E-state index contributed by atoms with van der Waals surface area (Å²) >= 11 is 1.28. The van der Waals surface area contributed by atoms with Crippen molar-refractivity contribution >= 4 is 33.8 Å². The Morgan fingerprint density at radius 1 is 1.08 bits per heavy atom. The van der Waals surface area contributed by atoms with E-state index in [9.17, 15) is 4.79 Å². The number of thiazole rings is 1. The zero-order chi connectivity index (χ0) is 18.0. The number of aromatic nitrogens is 1. The minimum absolute atomic E-state index is 0.0989. The lowest BCUT2D eigenvalue weighted by atomic mass is 10.0. The van der Waals surface area contributed by atoms with Crippen LogP contribution in [0.2, 0.25) is 0 Å². The van der Waals surface area contributed by atoms with Gasteiger partial charge in [0.25, 0.3) is 0 Å². The van der Waals surface area contributed by atoms with Crippen LogP contribution < -0.4 is 11.1 Å². The Hall–Kier alpha value is -2.66. The molecule has 1 heterocycles. The van der Waals surface area contributed by atoms with Crippen molar-refractivity contribution in [2.45, 2.75) is 26.7 Å². The first-order valence-electron chi connectivity index (χ1n) is 8.18. The van der Waals surface area contributed by atoms with Gasteiger partial charge in [0.2, 0.25) is 5.78 Å². The number of nitrogens with zero attached hydrogens (tertiary/aromatic N) is 1. The summed E-state index contributed by atoms with van der Waals surface area (Å²) in [5, 5.41) is 3.84. The molecule has 3 N–H and O–H groups in total.